The minimum atomic E-state index is 0.0429. The van der Waals surface area contributed by atoms with Gasteiger partial charge in [-0.3, -0.25) is 9.67 Å². The topological polar surface area (TPSA) is 79.0 Å². The Balaban J connectivity index is 1.56. The maximum Gasteiger partial charge on any atom is 0.124 e. The van der Waals surface area contributed by atoms with Crippen molar-refractivity contribution < 1.29 is 4.74 Å². The number of anilines is 2. The normalized spacial score (nSPS) is 19.6. The van der Waals surface area contributed by atoms with Crippen LogP contribution >= 0.6 is 0 Å². The maximum absolute atomic E-state index is 9.38. The highest BCUT2D eigenvalue weighted by Crippen LogP contribution is 2.30. The number of pyridine rings is 1. The predicted octanol–water partition coefficient (Wildman–Crippen LogP) is 2.85. The molecule has 0 amide bonds. The van der Waals surface area contributed by atoms with Crippen LogP contribution in [0, 0.1) is 18.3 Å². The van der Waals surface area contributed by atoms with Crippen LogP contribution in [0.2, 0.25) is 0 Å². The summed E-state index contributed by atoms with van der Waals surface area (Å²) in [6, 6.07) is 12.1. The lowest BCUT2D eigenvalue weighted by atomic mass is 10.1. The summed E-state index contributed by atoms with van der Waals surface area (Å²) in [5, 5.41) is 18.2. The Bertz CT molecular complexity index is 1040. The minimum absolute atomic E-state index is 0.0429. The lowest BCUT2D eigenvalue weighted by molar-refractivity contribution is -0.00826. The van der Waals surface area contributed by atoms with E-state index in [1.165, 1.54) is 0 Å². The SMILES string of the molecule is Cc1cc(NC[C@H]2CN(c3ccc(C#N)c4ncccc34)C[C@@H](C)O2)n(C)n1. The molecule has 1 fully saturated rings. The number of nitrogens with one attached hydrogen (secondary N) is 1. The third kappa shape index (κ3) is 3.51. The molecule has 0 unspecified atom stereocenters. The highest BCUT2D eigenvalue weighted by Gasteiger charge is 2.27. The molecule has 7 nitrogen and oxygen atoms in total. The Kier molecular flexibility index (Phi) is 4.88. The van der Waals surface area contributed by atoms with E-state index in [2.05, 4.69) is 33.3 Å². The zero-order valence-electron chi connectivity index (χ0n) is 16.4. The van der Waals surface area contributed by atoms with Crippen LogP contribution in [0.4, 0.5) is 11.5 Å². The fourth-order valence-electron chi connectivity index (χ4n) is 3.87. The van der Waals surface area contributed by atoms with Gasteiger partial charge in [0.2, 0.25) is 0 Å². The number of morpholine rings is 1. The lowest BCUT2D eigenvalue weighted by Crippen LogP contribution is -2.49. The van der Waals surface area contributed by atoms with Gasteiger partial charge < -0.3 is 15.0 Å². The van der Waals surface area contributed by atoms with E-state index in [9.17, 15) is 5.26 Å². The van der Waals surface area contributed by atoms with E-state index in [4.69, 9.17) is 4.74 Å². The van der Waals surface area contributed by atoms with E-state index >= 15 is 0 Å². The number of nitrogens with zero attached hydrogens (tertiary/aromatic N) is 5. The Labute approximate surface area is 164 Å². The second-order valence-corrected chi connectivity index (χ2v) is 7.29. The monoisotopic (exact) mass is 376 g/mol. The highest BCUT2D eigenvalue weighted by molar-refractivity contribution is 5.95. The molecule has 1 saturated heterocycles. The van der Waals surface area contributed by atoms with Crippen molar-refractivity contribution in [1.82, 2.24) is 14.8 Å². The largest absolute Gasteiger partial charge is 0.370 e. The molecule has 2 atom stereocenters. The van der Waals surface area contributed by atoms with E-state index in [0.29, 0.717) is 12.1 Å². The van der Waals surface area contributed by atoms with E-state index in [1.54, 1.807) is 6.20 Å². The zero-order chi connectivity index (χ0) is 19.7. The molecule has 1 aliphatic rings. The Hall–Kier alpha value is -3.11. The summed E-state index contributed by atoms with van der Waals surface area (Å²) < 4.78 is 8.01. The van der Waals surface area contributed by atoms with Gasteiger partial charge >= 0.3 is 0 Å². The molecule has 3 heterocycles. The van der Waals surface area contributed by atoms with Crippen LogP contribution in [0.25, 0.3) is 10.9 Å². The number of ether oxygens (including phenoxy) is 1. The molecule has 4 rings (SSSR count). The van der Waals surface area contributed by atoms with Crippen molar-refractivity contribution >= 4 is 22.4 Å². The fraction of sp³-hybridized carbons (Fsp3) is 0.381. The molecule has 0 radical (unpaired) electrons. The number of hydrogen-bond acceptors (Lipinski definition) is 6. The van der Waals surface area contributed by atoms with Crippen LogP contribution < -0.4 is 10.2 Å². The first kappa shape index (κ1) is 18.3. The van der Waals surface area contributed by atoms with Gasteiger partial charge in [0, 0.05) is 50.0 Å². The second kappa shape index (κ2) is 7.49. The van der Waals surface area contributed by atoms with Crippen molar-refractivity contribution in [2.24, 2.45) is 7.05 Å². The first-order chi connectivity index (χ1) is 13.5. The molecule has 0 aliphatic carbocycles. The van der Waals surface area contributed by atoms with E-state index in [0.717, 1.165) is 41.2 Å². The molecule has 0 saturated carbocycles. The van der Waals surface area contributed by atoms with Gasteiger partial charge in [0.1, 0.15) is 11.9 Å². The number of nitriles is 1. The molecular formula is C21H24N6O. The molecular weight excluding hydrogens is 352 g/mol. The van der Waals surface area contributed by atoms with Crippen molar-refractivity contribution in [3.05, 3.63) is 47.8 Å². The quantitative estimate of drug-likeness (QED) is 0.754. The average Bonchev–Trinajstić information content (AvgIpc) is 3.02. The van der Waals surface area contributed by atoms with Crippen molar-refractivity contribution in [2.75, 3.05) is 29.9 Å². The molecule has 1 aliphatic heterocycles. The van der Waals surface area contributed by atoms with E-state index in [1.807, 2.05) is 49.0 Å². The highest BCUT2D eigenvalue weighted by atomic mass is 16.5. The number of aromatic nitrogens is 3. The molecule has 1 N–H and O–H groups in total. The van der Waals surface area contributed by atoms with Gasteiger partial charge in [0.25, 0.3) is 0 Å². The van der Waals surface area contributed by atoms with Gasteiger partial charge in [-0.15, -0.1) is 0 Å². The van der Waals surface area contributed by atoms with E-state index in [-0.39, 0.29) is 12.2 Å². The first-order valence-electron chi connectivity index (χ1n) is 9.48. The van der Waals surface area contributed by atoms with Crippen LogP contribution in [-0.2, 0) is 11.8 Å². The van der Waals surface area contributed by atoms with Gasteiger partial charge in [0.15, 0.2) is 0 Å². The van der Waals surface area contributed by atoms with Crippen molar-refractivity contribution in [3.8, 4) is 6.07 Å². The van der Waals surface area contributed by atoms with Crippen LogP contribution in [0.1, 0.15) is 18.2 Å². The third-order valence-electron chi connectivity index (χ3n) is 5.05. The minimum Gasteiger partial charge on any atom is -0.370 e. The molecule has 2 aromatic heterocycles. The zero-order valence-corrected chi connectivity index (χ0v) is 16.4. The Morgan fingerprint density at radius 3 is 2.93 bits per heavy atom. The average molecular weight is 376 g/mol. The van der Waals surface area contributed by atoms with Crippen LogP contribution in [0.15, 0.2) is 36.5 Å². The van der Waals surface area contributed by atoms with Gasteiger partial charge in [-0.1, -0.05) is 0 Å². The summed E-state index contributed by atoms with van der Waals surface area (Å²) in [5.74, 6) is 0.985. The lowest BCUT2D eigenvalue weighted by Gasteiger charge is -2.38. The smallest absolute Gasteiger partial charge is 0.124 e. The molecule has 0 bridgehead atoms. The summed E-state index contributed by atoms with van der Waals surface area (Å²) in [7, 11) is 1.93. The Morgan fingerprint density at radius 1 is 1.32 bits per heavy atom. The molecule has 7 heteroatoms. The predicted molar refractivity (Wildman–Crippen MR) is 109 cm³/mol. The van der Waals surface area contributed by atoms with Gasteiger partial charge in [-0.05, 0) is 38.1 Å². The number of benzene rings is 1. The molecule has 28 heavy (non-hydrogen) atoms. The van der Waals surface area contributed by atoms with Crippen LogP contribution in [-0.4, -0.2) is 46.6 Å². The molecule has 0 spiro atoms. The maximum atomic E-state index is 9.38. The standard InChI is InChI=1S/C21H24N6O/c1-14-9-20(26(3)25-14)24-11-17-13-27(12-15(2)28-17)19-7-6-16(10-22)21-18(19)5-4-8-23-21/h4-9,15,17,24H,11-13H2,1-3H3/t15-,17+/m1/s1. The summed E-state index contributed by atoms with van der Waals surface area (Å²) in [4.78, 5) is 6.76. The number of aryl methyl sites for hydroxylation is 2. The number of rotatable bonds is 4. The number of fused-ring (bicyclic) bond motifs is 1. The first-order valence-corrected chi connectivity index (χ1v) is 9.48. The van der Waals surface area contributed by atoms with Crippen LogP contribution in [0.5, 0.6) is 0 Å². The van der Waals surface area contributed by atoms with E-state index < -0.39 is 0 Å². The van der Waals surface area contributed by atoms with Crippen molar-refractivity contribution in [2.45, 2.75) is 26.1 Å². The van der Waals surface area contributed by atoms with Crippen molar-refractivity contribution in [3.63, 3.8) is 0 Å². The van der Waals surface area contributed by atoms with Crippen LogP contribution in [0.3, 0.4) is 0 Å². The van der Waals surface area contributed by atoms with Gasteiger partial charge in [-0.2, -0.15) is 10.4 Å². The second-order valence-electron chi connectivity index (χ2n) is 7.29. The fourth-order valence-corrected chi connectivity index (χ4v) is 3.87. The summed E-state index contributed by atoms with van der Waals surface area (Å²) in [5.41, 5.74) is 3.44. The van der Waals surface area contributed by atoms with Gasteiger partial charge in [-0.25, -0.2) is 0 Å². The third-order valence-corrected chi connectivity index (χ3v) is 5.05. The molecule has 1 aromatic carbocycles. The van der Waals surface area contributed by atoms with Crippen molar-refractivity contribution in [1.29, 1.82) is 5.26 Å². The van der Waals surface area contributed by atoms with Gasteiger partial charge in [0.05, 0.1) is 29.0 Å². The summed E-state index contributed by atoms with van der Waals surface area (Å²) in [6.07, 6.45) is 1.88. The molecule has 3 aromatic rings. The summed E-state index contributed by atoms with van der Waals surface area (Å²) >= 11 is 0. The molecule has 144 valence electrons. The Morgan fingerprint density at radius 2 is 2.18 bits per heavy atom. The number of hydrogen-bond donors (Lipinski definition) is 1. The summed E-state index contributed by atoms with van der Waals surface area (Å²) in [6.45, 7) is 6.35.